The van der Waals surface area contributed by atoms with Crippen LogP contribution in [0.2, 0.25) is 0 Å². The highest BCUT2D eigenvalue weighted by Crippen LogP contribution is 2.04. The normalized spacial score (nSPS) is 9.80. The number of aromatic nitrogens is 2. The molecule has 0 spiro atoms. The molecule has 0 fully saturated rings. The molecule has 10 heavy (non-hydrogen) atoms. The Morgan fingerprint density at radius 3 is 3.00 bits per heavy atom. The second-order valence-corrected chi connectivity index (χ2v) is 1.57. The van der Waals surface area contributed by atoms with E-state index in [1.54, 1.807) is 0 Å². The lowest BCUT2D eigenvalue weighted by atomic mass is 10.7. The monoisotopic (exact) mass is 144 g/mol. The van der Waals surface area contributed by atoms with E-state index < -0.39 is 0 Å². The van der Waals surface area contributed by atoms with E-state index in [-0.39, 0.29) is 18.5 Å². The van der Waals surface area contributed by atoms with E-state index in [4.69, 9.17) is 9.84 Å². The van der Waals surface area contributed by atoms with Gasteiger partial charge in [-0.3, -0.25) is 4.52 Å². The van der Waals surface area contributed by atoms with Gasteiger partial charge in [0.05, 0.1) is 6.61 Å². The average molecular weight is 144 g/mol. The van der Waals surface area contributed by atoms with Crippen molar-refractivity contribution >= 4 is 0 Å². The molecule has 0 radical (unpaired) electrons. The molecule has 1 rings (SSSR count). The van der Waals surface area contributed by atoms with Gasteiger partial charge in [0.15, 0.2) is 0 Å². The number of ether oxygens (including phenoxy) is 1. The first kappa shape index (κ1) is 7.01. The fourth-order valence-corrected chi connectivity index (χ4v) is 0.484. The topological polar surface area (TPSA) is 68.4 Å². The summed E-state index contributed by atoms with van der Waals surface area (Å²) in [4.78, 5) is 3.67. The van der Waals surface area contributed by atoms with Crippen LogP contribution in [0.5, 0.6) is 6.08 Å². The average Bonchev–Trinajstić information content (AvgIpc) is 2.37. The van der Waals surface area contributed by atoms with E-state index >= 15 is 0 Å². The van der Waals surface area contributed by atoms with Crippen LogP contribution >= 0.6 is 0 Å². The maximum Gasteiger partial charge on any atom is 0.417 e. The van der Waals surface area contributed by atoms with Gasteiger partial charge in [0.2, 0.25) is 5.82 Å². The number of rotatable bonds is 3. The minimum absolute atomic E-state index is 0.103. The second kappa shape index (κ2) is 3.17. The highest BCUT2D eigenvalue weighted by Gasteiger charge is 2.03. The predicted molar refractivity (Wildman–Crippen MR) is 31.4 cm³/mol. The van der Waals surface area contributed by atoms with Crippen LogP contribution in [0.15, 0.2) is 4.52 Å². The summed E-state index contributed by atoms with van der Waals surface area (Å²) in [5, 5.41) is 11.9. The Hall–Kier alpha value is -1.10. The Kier molecular flexibility index (Phi) is 2.22. The molecule has 5 nitrogen and oxygen atoms in total. The van der Waals surface area contributed by atoms with Crippen molar-refractivity contribution in [2.75, 3.05) is 6.61 Å². The van der Waals surface area contributed by atoms with E-state index in [9.17, 15) is 0 Å². The summed E-state index contributed by atoms with van der Waals surface area (Å²) in [6.07, 6.45) is 0.103. The fourth-order valence-electron chi connectivity index (χ4n) is 0.484. The van der Waals surface area contributed by atoms with E-state index in [1.165, 1.54) is 0 Å². The summed E-state index contributed by atoms with van der Waals surface area (Å²) in [5.41, 5.74) is 0. The molecule has 0 aromatic carbocycles. The Labute approximate surface area is 57.6 Å². The van der Waals surface area contributed by atoms with Crippen molar-refractivity contribution in [1.82, 2.24) is 10.1 Å². The molecule has 0 bridgehead atoms. The molecule has 0 aliphatic rings. The van der Waals surface area contributed by atoms with Crippen molar-refractivity contribution in [3.8, 4) is 6.08 Å². The van der Waals surface area contributed by atoms with Gasteiger partial charge < -0.3 is 9.84 Å². The van der Waals surface area contributed by atoms with E-state index in [0.29, 0.717) is 6.61 Å². The van der Waals surface area contributed by atoms with Gasteiger partial charge in [0.25, 0.3) is 0 Å². The second-order valence-electron chi connectivity index (χ2n) is 1.57. The molecule has 0 aliphatic carbocycles. The fraction of sp³-hybridized carbons (Fsp3) is 0.600. The Morgan fingerprint density at radius 1 is 1.70 bits per heavy atom. The molecular weight excluding hydrogens is 136 g/mol. The lowest BCUT2D eigenvalue weighted by Crippen LogP contribution is -1.91. The summed E-state index contributed by atoms with van der Waals surface area (Å²) < 4.78 is 9.39. The Bertz CT molecular complexity index is 199. The van der Waals surface area contributed by atoms with Crippen LogP contribution in [0.1, 0.15) is 12.7 Å². The van der Waals surface area contributed by atoms with Gasteiger partial charge in [-0.25, -0.2) is 0 Å². The van der Waals surface area contributed by atoms with E-state index in [1.807, 2.05) is 6.92 Å². The Morgan fingerprint density at radius 2 is 2.50 bits per heavy atom. The molecule has 1 N–H and O–H groups in total. The maximum absolute atomic E-state index is 8.48. The number of hydrogen-bond donors (Lipinski definition) is 1. The predicted octanol–water partition coefficient (Wildman–Crippen LogP) is -0.0394. The van der Waals surface area contributed by atoms with Crippen molar-refractivity contribution in [3.05, 3.63) is 5.82 Å². The van der Waals surface area contributed by atoms with Crippen LogP contribution in [0.3, 0.4) is 0 Å². The van der Waals surface area contributed by atoms with Gasteiger partial charge in [0.1, 0.15) is 6.61 Å². The zero-order valence-corrected chi connectivity index (χ0v) is 5.57. The SMILES string of the molecule is CCOc1nc(CO)no1. The van der Waals surface area contributed by atoms with Crippen LogP contribution in [-0.4, -0.2) is 21.9 Å². The third kappa shape index (κ3) is 1.44. The molecule has 1 heterocycles. The van der Waals surface area contributed by atoms with Crippen LogP contribution in [0, 0.1) is 0 Å². The Balaban J connectivity index is 2.59. The van der Waals surface area contributed by atoms with Crippen molar-refractivity contribution in [2.24, 2.45) is 0 Å². The molecule has 0 saturated heterocycles. The summed E-state index contributed by atoms with van der Waals surface area (Å²) in [5.74, 6) is 0.239. The smallest absolute Gasteiger partial charge is 0.417 e. The molecule has 1 aromatic heterocycles. The minimum atomic E-state index is -0.226. The minimum Gasteiger partial charge on any atom is -0.449 e. The lowest BCUT2D eigenvalue weighted by molar-refractivity contribution is 0.213. The molecule has 0 aliphatic heterocycles. The first-order valence-electron chi connectivity index (χ1n) is 2.93. The standard InChI is InChI=1S/C5H8N2O3/c1-2-9-5-6-4(3-8)7-10-5/h8H,2-3H2,1H3. The third-order valence-corrected chi connectivity index (χ3v) is 0.859. The molecule has 0 unspecified atom stereocenters. The summed E-state index contributed by atoms with van der Waals surface area (Å²) in [6, 6.07) is 0. The van der Waals surface area contributed by atoms with Crippen molar-refractivity contribution < 1.29 is 14.4 Å². The van der Waals surface area contributed by atoms with Crippen LogP contribution in [0.25, 0.3) is 0 Å². The zero-order chi connectivity index (χ0) is 7.40. The molecule has 0 atom stereocenters. The first-order chi connectivity index (χ1) is 4.86. The highest BCUT2D eigenvalue weighted by molar-refractivity contribution is 4.87. The molecule has 56 valence electrons. The molecule has 0 amide bonds. The van der Waals surface area contributed by atoms with Gasteiger partial charge in [0, 0.05) is 0 Å². The lowest BCUT2D eigenvalue weighted by Gasteiger charge is -1.89. The molecular formula is C5H8N2O3. The van der Waals surface area contributed by atoms with E-state index in [2.05, 4.69) is 14.7 Å². The third-order valence-electron chi connectivity index (χ3n) is 0.859. The highest BCUT2D eigenvalue weighted by atomic mass is 16.6. The number of hydrogen-bond acceptors (Lipinski definition) is 5. The number of nitrogens with zero attached hydrogens (tertiary/aromatic N) is 2. The van der Waals surface area contributed by atoms with Crippen molar-refractivity contribution in [1.29, 1.82) is 0 Å². The quantitative estimate of drug-likeness (QED) is 0.644. The summed E-state index contributed by atoms with van der Waals surface area (Å²) >= 11 is 0. The van der Waals surface area contributed by atoms with Crippen molar-refractivity contribution in [3.63, 3.8) is 0 Å². The largest absolute Gasteiger partial charge is 0.449 e. The van der Waals surface area contributed by atoms with Gasteiger partial charge in [-0.1, -0.05) is 5.16 Å². The molecule has 0 saturated carbocycles. The van der Waals surface area contributed by atoms with Gasteiger partial charge in [-0.2, -0.15) is 4.98 Å². The summed E-state index contributed by atoms with van der Waals surface area (Å²) in [6.45, 7) is 2.06. The number of aliphatic hydroxyl groups excluding tert-OH is 1. The van der Waals surface area contributed by atoms with E-state index in [0.717, 1.165) is 0 Å². The van der Waals surface area contributed by atoms with Gasteiger partial charge in [-0.05, 0) is 6.92 Å². The molecule has 5 heteroatoms. The molecule has 1 aromatic rings. The van der Waals surface area contributed by atoms with Gasteiger partial charge in [-0.15, -0.1) is 0 Å². The summed E-state index contributed by atoms with van der Waals surface area (Å²) in [7, 11) is 0. The van der Waals surface area contributed by atoms with Crippen LogP contribution in [0.4, 0.5) is 0 Å². The van der Waals surface area contributed by atoms with Gasteiger partial charge >= 0.3 is 6.08 Å². The number of aliphatic hydroxyl groups is 1. The van der Waals surface area contributed by atoms with Crippen molar-refractivity contribution in [2.45, 2.75) is 13.5 Å². The first-order valence-corrected chi connectivity index (χ1v) is 2.93. The maximum atomic E-state index is 8.48. The van der Waals surface area contributed by atoms with Crippen LogP contribution in [-0.2, 0) is 6.61 Å². The zero-order valence-electron chi connectivity index (χ0n) is 5.57. The van der Waals surface area contributed by atoms with Crippen LogP contribution < -0.4 is 4.74 Å².